The lowest BCUT2D eigenvalue weighted by Gasteiger charge is -2.33. The van der Waals surface area contributed by atoms with E-state index in [0.29, 0.717) is 6.61 Å². The van der Waals surface area contributed by atoms with Gasteiger partial charge in [-0.05, 0) is 12.1 Å². The highest BCUT2D eigenvalue weighted by Crippen LogP contribution is 2.15. The van der Waals surface area contributed by atoms with Crippen LogP contribution in [0.5, 0.6) is 0 Å². The standard InChI is InChI=1S/C10H13N2O2/c13-8-10-7-12(4-5-14-10)9-2-1-3-11-6-9/h1-2,6,10,13H,4-5,7-8H2/t10-/m0/s1. The van der Waals surface area contributed by atoms with E-state index in [2.05, 4.69) is 16.1 Å². The van der Waals surface area contributed by atoms with Gasteiger partial charge in [0.1, 0.15) is 0 Å². The van der Waals surface area contributed by atoms with Crippen molar-refractivity contribution in [1.82, 2.24) is 4.98 Å². The van der Waals surface area contributed by atoms with Gasteiger partial charge in [0, 0.05) is 13.1 Å². The van der Waals surface area contributed by atoms with Gasteiger partial charge in [0.2, 0.25) is 0 Å². The van der Waals surface area contributed by atoms with Gasteiger partial charge in [-0.1, -0.05) is 0 Å². The van der Waals surface area contributed by atoms with Crippen molar-refractivity contribution < 1.29 is 9.84 Å². The van der Waals surface area contributed by atoms with Crippen LogP contribution in [-0.4, -0.2) is 42.5 Å². The zero-order valence-electron chi connectivity index (χ0n) is 7.89. The van der Waals surface area contributed by atoms with Crippen LogP contribution < -0.4 is 4.90 Å². The number of hydrogen-bond acceptors (Lipinski definition) is 4. The molecule has 1 fully saturated rings. The molecule has 4 heteroatoms. The minimum atomic E-state index is -0.0760. The van der Waals surface area contributed by atoms with Gasteiger partial charge in [0.05, 0.1) is 37.4 Å². The summed E-state index contributed by atoms with van der Waals surface area (Å²) in [5.74, 6) is 0. The largest absolute Gasteiger partial charge is 0.394 e. The molecule has 0 amide bonds. The molecule has 75 valence electrons. The van der Waals surface area contributed by atoms with Crippen LogP contribution in [0.3, 0.4) is 0 Å². The number of anilines is 1. The van der Waals surface area contributed by atoms with E-state index >= 15 is 0 Å². The van der Waals surface area contributed by atoms with Crippen molar-refractivity contribution in [1.29, 1.82) is 0 Å². The highest BCUT2D eigenvalue weighted by atomic mass is 16.5. The Morgan fingerprint density at radius 3 is 3.36 bits per heavy atom. The number of rotatable bonds is 2. The van der Waals surface area contributed by atoms with Gasteiger partial charge >= 0.3 is 0 Å². The third-order valence-electron chi connectivity index (χ3n) is 2.31. The van der Waals surface area contributed by atoms with Crippen molar-refractivity contribution in [3.8, 4) is 0 Å². The van der Waals surface area contributed by atoms with Crippen LogP contribution in [0.15, 0.2) is 18.3 Å². The molecule has 1 radical (unpaired) electrons. The SMILES string of the molecule is OC[C@@H]1CN(c2cc[c]nc2)CCO1. The maximum atomic E-state index is 8.98. The molecule has 1 atom stereocenters. The number of aromatic nitrogens is 1. The molecule has 2 rings (SSSR count). The Morgan fingerprint density at radius 1 is 1.71 bits per heavy atom. The van der Waals surface area contributed by atoms with E-state index in [1.807, 2.05) is 6.07 Å². The summed E-state index contributed by atoms with van der Waals surface area (Å²) in [6.45, 7) is 2.30. The topological polar surface area (TPSA) is 45.6 Å². The molecule has 4 nitrogen and oxygen atoms in total. The van der Waals surface area contributed by atoms with Crippen molar-refractivity contribution in [2.45, 2.75) is 6.10 Å². The van der Waals surface area contributed by atoms with Gasteiger partial charge in [-0.25, -0.2) is 0 Å². The summed E-state index contributed by atoms with van der Waals surface area (Å²) < 4.78 is 5.36. The Balaban J connectivity index is 2.04. The van der Waals surface area contributed by atoms with Crippen molar-refractivity contribution in [3.05, 3.63) is 24.5 Å². The van der Waals surface area contributed by atoms with E-state index in [1.54, 1.807) is 12.3 Å². The highest BCUT2D eigenvalue weighted by Gasteiger charge is 2.19. The number of ether oxygens (including phenoxy) is 1. The average Bonchev–Trinajstić information content (AvgIpc) is 2.30. The second-order valence-electron chi connectivity index (χ2n) is 3.27. The van der Waals surface area contributed by atoms with Gasteiger partial charge in [-0.3, -0.25) is 4.98 Å². The molecule has 1 aromatic rings. The van der Waals surface area contributed by atoms with Crippen LogP contribution in [0.1, 0.15) is 0 Å². The third kappa shape index (κ3) is 2.02. The van der Waals surface area contributed by atoms with E-state index in [4.69, 9.17) is 9.84 Å². The fraction of sp³-hybridized carbons (Fsp3) is 0.500. The maximum absolute atomic E-state index is 8.98. The molecular formula is C10H13N2O2. The fourth-order valence-electron chi connectivity index (χ4n) is 1.56. The van der Waals surface area contributed by atoms with Crippen LogP contribution in [0.25, 0.3) is 0 Å². The molecule has 0 unspecified atom stereocenters. The zero-order chi connectivity index (χ0) is 9.80. The average molecular weight is 193 g/mol. The van der Waals surface area contributed by atoms with Crippen molar-refractivity contribution in [2.24, 2.45) is 0 Å². The van der Waals surface area contributed by atoms with Crippen molar-refractivity contribution in [2.75, 3.05) is 31.2 Å². The summed E-state index contributed by atoms with van der Waals surface area (Å²) in [5, 5.41) is 8.98. The van der Waals surface area contributed by atoms with Crippen LogP contribution in [-0.2, 0) is 4.74 Å². The molecule has 1 N–H and O–H groups in total. The molecule has 1 saturated heterocycles. The number of hydrogen-bond donors (Lipinski definition) is 1. The molecule has 0 aliphatic carbocycles. The lowest BCUT2D eigenvalue weighted by molar-refractivity contribution is 0.00355. The third-order valence-corrected chi connectivity index (χ3v) is 2.31. The first-order chi connectivity index (χ1) is 6.90. The second kappa shape index (κ2) is 4.39. The Kier molecular flexibility index (Phi) is 2.96. The molecule has 0 spiro atoms. The minimum Gasteiger partial charge on any atom is -0.394 e. The van der Waals surface area contributed by atoms with E-state index in [0.717, 1.165) is 18.8 Å². The molecular weight excluding hydrogens is 180 g/mol. The first kappa shape index (κ1) is 9.43. The molecule has 1 aliphatic rings. The van der Waals surface area contributed by atoms with Crippen LogP contribution >= 0.6 is 0 Å². The Labute approximate surface area is 83.1 Å². The number of aliphatic hydroxyl groups is 1. The predicted molar refractivity (Wildman–Crippen MR) is 52.1 cm³/mol. The van der Waals surface area contributed by atoms with Gasteiger partial charge in [0.15, 0.2) is 0 Å². The quantitative estimate of drug-likeness (QED) is 0.722. The van der Waals surface area contributed by atoms with Crippen LogP contribution in [0.2, 0.25) is 0 Å². The zero-order valence-corrected chi connectivity index (χ0v) is 7.89. The summed E-state index contributed by atoms with van der Waals surface area (Å²) in [4.78, 5) is 6.10. The van der Waals surface area contributed by atoms with Crippen LogP contribution in [0, 0.1) is 6.20 Å². The van der Waals surface area contributed by atoms with E-state index in [-0.39, 0.29) is 12.7 Å². The number of pyridine rings is 1. The summed E-state index contributed by atoms with van der Waals surface area (Å²) in [5.41, 5.74) is 1.06. The Bertz CT molecular complexity index is 279. The second-order valence-corrected chi connectivity index (χ2v) is 3.27. The van der Waals surface area contributed by atoms with Gasteiger partial charge < -0.3 is 14.7 Å². The van der Waals surface area contributed by atoms with Crippen LogP contribution in [0.4, 0.5) is 5.69 Å². The van der Waals surface area contributed by atoms with E-state index in [9.17, 15) is 0 Å². The highest BCUT2D eigenvalue weighted by molar-refractivity contribution is 5.43. The first-order valence-electron chi connectivity index (χ1n) is 4.69. The Morgan fingerprint density at radius 2 is 2.64 bits per heavy atom. The molecule has 14 heavy (non-hydrogen) atoms. The van der Waals surface area contributed by atoms with Gasteiger partial charge in [-0.15, -0.1) is 0 Å². The maximum Gasteiger partial charge on any atom is 0.0980 e. The number of nitrogens with zero attached hydrogens (tertiary/aromatic N) is 2. The summed E-state index contributed by atoms with van der Waals surface area (Å²) in [6, 6.07) is 3.76. The monoisotopic (exact) mass is 193 g/mol. The molecule has 1 aromatic heterocycles. The van der Waals surface area contributed by atoms with Gasteiger partial charge in [-0.2, -0.15) is 0 Å². The smallest absolute Gasteiger partial charge is 0.0980 e. The molecule has 2 heterocycles. The first-order valence-corrected chi connectivity index (χ1v) is 4.69. The lowest BCUT2D eigenvalue weighted by Crippen LogP contribution is -2.44. The molecule has 0 saturated carbocycles. The number of morpholine rings is 1. The van der Waals surface area contributed by atoms with Crippen molar-refractivity contribution in [3.63, 3.8) is 0 Å². The van der Waals surface area contributed by atoms with Crippen molar-refractivity contribution >= 4 is 5.69 Å². The normalized spacial score (nSPS) is 22.4. The lowest BCUT2D eigenvalue weighted by atomic mass is 10.2. The summed E-state index contributed by atoms with van der Waals surface area (Å²) in [7, 11) is 0. The molecule has 0 aromatic carbocycles. The number of aliphatic hydroxyl groups excluding tert-OH is 1. The van der Waals surface area contributed by atoms with E-state index < -0.39 is 0 Å². The van der Waals surface area contributed by atoms with E-state index in [1.165, 1.54) is 0 Å². The fourth-order valence-corrected chi connectivity index (χ4v) is 1.56. The Hall–Kier alpha value is -1.13. The minimum absolute atomic E-state index is 0.0723. The summed E-state index contributed by atoms with van der Waals surface area (Å²) in [6.07, 6.45) is 4.44. The predicted octanol–water partition coefficient (Wildman–Crippen LogP) is 0.0793. The van der Waals surface area contributed by atoms with Gasteiger partial charge in [0.25, 0.3) is 0 Å². The molecule has 0 bridgehead atoms. The summed E-state index contributed by atoms with van der Waals surface area (Å²) >= 11 is 0. The molecule has 1 aliphatic heterocycles.